The van der Waals surface area contributed by atoms with E-state index in [1.807, 2.05) is 6.20 Å². The highest BCUT2D eigenvalue weighted by molar-refractivity contribution is 7.11. The molecule has 0 aliphatic carbocycles. The summed E-state index contributed by atoms with van der Waals surface area (Å²) in [4.78, 5) is 11.7. The Balaban J connectivity index is 1.83. The van der Waals surface area contributed by atoms with Crippen LogP contribution in [-0.2, 0) is 19.4 Å². The molecule has 2 rings (SSSR count). The van der Waals surface area contributed by atoms with Gasteiger partial charge in [0.1, 0.15) is 5.01 Å². The minimum Gasteiger partial charge on any atom is -0.357 e. The quantitative estimate of drug-likeness (QED) is 0.608. The number of nitrogens with one attached hydrogen (secondary N) is 2. The van der Waals surface area contributed by atoms with Gasteiger partial charge < -0.3 is 10.6 Å². The van der Waals surface area contributed by atoms with Crippen LogP contribution < -0.4 is 10.6 Å². The molecule has 2 aromatic heterocycles. The van der Waals surface area contributed by atoms with Crippen LogP contribution in [0.4, 0.5) is 0 Å². The number of rotatable bonds is 7. The maximum absolute atomic E-state index is 4.60. The van der Waals surface area contributed by atoms with Gasteiger partial charge >= 0.3 is 0 Å². The summed E-state index contributed by atoms with van der Waals surface area (Å²) in [5, 5.41) is 9.83. The van der Waals surface area contributed by atoms with Gasteiger partial charge in [-0.2, -0.15) is 0 Å². The Hall–Kier alpha value is -1.40. The highest BCUT2D eigenvalue weighted by Gasteiger charge is 2.02. The van der Waals surface area contributed by atoms with E-state index in [1.165, 1.54) is 9.75 Å². The lowest BCUT2D eigenvalue weighted by atomic mass is 10.3. The highest BCUT2D eigenvalue weighted by atomic mass is 32.1. The first-order valence-corrected chi connectivity index (χ1v) is 8.99. The molecular weight excluding hydrogens is 300 g/mol. The van der Waals surface area contributed by atoms with E-state index in [4.69, 9.17) is 0 Å². The summed E-state index contributed by atoms with van der Waals surface area (Å²) in [6.07, 6.45) is 4.02. The molecular formula is C15H22N4S2. The number of aliphatic imine (C=N–C) groups is 1. The number of guanidine groups is 1. The third-order valence-corrected chi connectivity index (χ3v) is 4.97. The summed E-state index contributed by atoms with van der Waals surface area (Å²) < 4.78 is 0. The average molecular weight is 323 g/mol. The summed E-state index contributed by atoms with van der Waals surface area (Å²) in [6.45, 7) is 6.62. The second-order valence-corrected chi connectivity index (χ2v) is 6.76. The minimum atomic E-state index is 0.638. The number of hydrogen-bond acceptors (Lipinski definition) is 4. The Labute approximate surface area is 134 Å². The van der Waals surface area contributed by atoms with E-state index >= 15 is 0 Å². The Kier molecular flexibility index (Phi) is 6.69. The van der Waals surface area contributed by atoms with Crippen LogP contribution in [0, 0.1) is 0 Å². The Bertz CT molecular complexity index is 546. The SMILES string of the molecule is CCNC(=NCc1ncc(CC)s1)NCCc1cccs1. The fraction of sp³-hybridized carbons (Fsp3) is 0.467. The van der Waals surface area contributed by atoms with Crippen LogP contribution in [0.3, 0.4) is 0 Å². The van der Waals surface area contributed by atoms with E-state index in [9.17, 15) is 0 Å². The molecule has 0 spiro atoms. The Morgan fingerprint density at radius 1 is 1.29 bits per heavy atom. The molecule has 114 valence electrons. The molecule has 0 aromatic carbocycles. The average Bonchev–Trinajstić information content (AvgIpc) is 3.16. The van der Waals surface area contributed by atoms with Crippen molar-refractivity contribution in [3.8, 4) is 0 Å². The molecule has 0 saturated heterocycles. The van der Waals surface area contributed by atoms with Crippen LogP contribution in [0.15, 0.2) is 28.7 Å². The monoisotopic (exact) mass is 322 g/mol. The summed E-state index contributed by atoms with van der Waals surface area (Å²) in [5.74, 6) is 0.863. The first kappa shape index (κ1) is 16.0. The van der Waals surface area contributed by atoms with E-state index in [-0.39, 0.29) is 0 Å². The Morgan fingerprint density at radius 3 is 2.86 bits per heavy atom. The topological polar surface area (TPSA) is 49.3 Å². The van der Waals surface area contributed by atoms with Crippen molar-refractivity contribution in [1.82, 2.24) is 15.6 Å². The van der Waals surface area contributed by atoms with Crippen LogP contribution in [-0.4, -0.2) is 24.0 Å². The highest BCUT2D eigenvalue weighted by Crippen LogP contribution is 2.14. The van der Waals surface area contributed by atoms with Crippen molar-refractivity contribution in [1.29, 1.82) is 0 Å². The van der Waals surface area contributed by atoms with Crippen molar-refractivity contribution >= 4 is 28.6 Å². The number of nitrogens with zero attached hydrogens (tertiary/aromatic N) is 2. The maximum atomic E-state index is 4.60. The van der Waals surface area contributed by atoms with Crippen molar-refractivity contribution in [2.75, 3.05) is 13.1 Å². The third kappa shape index (κ3) is 5.47. The van der Waals surface area contributed by atoms with Gasteiger partial charge in [-0.3, -0.25) is 0 Å². The molecule has 0 aliphatic rings. The van der Waals surface area contributed by atoms with Crippen LogP contribution in [0.1, 0.15) is 28.6 Å². The molecule has 2 N–H and O–H groups in total. The first-order valence-electron chi connectivity index (χ1n) is 7.30. The van der Waals surface area contributed by atoms with Crippen molar-refractivity contribution in [2.24, 2.45) is 4.99 Å². The predicted octanol–water partition coefficient (Wildman–Crippen LogP) is 3.06. The summed E-state index contributed by atoms with van der Waals surface area (Å²) in [6, 6.07) is 4.26. The first-order chi connectivity index (χ1) is 10.3. The zero-order valence-electron chi connectivity index (χ0n) is 12.6. The van der Waals surface area contributed by atoms with E-state index in [2.05, 4.69) is 52.0 Å². The lowest BCUT2D eigenvalue weighted by molar-refractivity contribution is 0.804. The molecule has 0 amide bonds. The summed E-state index contributed by atoms with van der Waals surface area (Å²) in [5.41, 5.74) is 0. The predicted molar refractivity (Wildman–Crippen MR) is 92.3 cm³/mol. The molecule has 0 fully saturated rings. The fourth-order valence-corrected chi connectivity index (χ4v) is 3.33. The molecule has 21 heavy (non-hydrogen) atoms. The van der Waals surface area contributed by atoms with Gasteiger partial charge in [0.25, 0.3) is 0 Å². The van der Waals surface area contributed by atoms with Crippen LogP contribution in [0.2, 0.25) is 0 Å². The lowest BCUT2D eigenvalue weighted by Crippen LogP contribution is -2.38. The molecule has 0 saturated carbocycles. The van der Waals surface area contributed by atoms with Crippen molar-refractivity contribution < 1.29 is 0 Å². The fourth-order valence-electron chi connectivity index (χ4n) is 1.83. The molecule has 0 atom stereocenters. The molecule has 0 radical (unpaired) electrons. The number of aryl methyl sites for hydroxylation is 1. The van der Waals surface area contributed by atoms with E-state index in [1.54, 1.807) is 22.7 Å². The summed E-state index contributed by atoms with van der Waals surface area (Å²) in [7, 11) is 0. The van der Waals surface area contributed by atoms with Gasteiger partial charge in [0, 0.05) is 29.0 Å². The lowest BCUT2D eigenvalue weighted by Gasteiger charge is -2.10. The second-order valence-electron chi connectivity index (χ2n) is 4.53. The zero-order chi connectivity index (χ0) is 14.9. The maximum Gasteiger partial charge on any atom is 0.191 e. The van der Waals surface area contributed by atoms with E-state index in [0.29, 0.717) is 6.54 Å². The van der Waals surface area contributed by atoms with E-state index in [0.717, 1.165) is 36.9 Å². The van der Waals surface area contributed by atoms with Gasteiger partial charge in [-0.25, -0.2) is 9.98 Å². The normalized spacial score (nSPS) is 11.6. The van der Waals surface area contributed by atoms with Crippen molar-refractivity contribution in [3.63, 3.8) is 0 Å². The van der Waals surface area contributed by atoms with Gasteiger partial charge in [-0.1, -0.05) is 13.0 Å². The van der Waals surface area contributed by atoms with Crippen LogP contribution in [0.5, 0.6) is 0 Å². The smallest absolute Gasteiger partial charge is 0.191 e. The minimum absolute atomic E-state index is 0.638. The van der Waals surface area contributed by atoms with Gasteiger partial charge in [-0.05, 0) is 31.2 Å². The van der Waals surface area contributed by atoms with Crippen LogP contribution >= 0.6 is 22.7 Å². The second kappa shape index (κ2) is 8.79. The number of thiophene rings is 1. The molecule has 2 aromatic rings. The number of hydrogen-bond donors (Lipinski definition) is 2. The third-order valence-electron chi connectivity index (χ3n) is 2.91. The van der Waals surface area contributed by atoms with Gasteiger partial charge in [-0.15, -0.1) is 22.7 Å². The standard InChI is InChI=1S/C15H22N4S2/c1-3-12-10-18-14(21-12)11-19-15(16-4-2)17-8-7-13-6-5-9-20-13/h5-6,9-10H,3-4,7-8,11H2,1-2H3,(H2,16,17,19). The molecule has 0 aliphatic heterocycles. The Morgan fingerprint density at radius 2 is 2.19 bits per heavy atom. The summed E-state index contributed by atoms with van der Waals surface area (Å²) >= 11 is 3.54. The molecule has 0 bridgehead atoms. The number of aromatic nitrogens is 1. The molecule has 4 nitrogen and oxygen atoms in total. The van der Waals surface area contributed by atoms with Crippen molar-refractivity contribution in [3.05, 3.63) is 38.5 Å². The molecule has 0 unspecified atom stereocenters. The van der Waals surface area contributed by atoms with Crippen LogP contribution in [0.25, 0.3) is 0 Å². The van der Waals surface area contributed by atoms with Gasteiger partial charge in [0.15, 0.2) is 5.96 Å². The largest absolute Gasteiger partial charge is 0.357 e. The molecule has 6 heteroatoms. The zero-order valence-corrected chi connectivity index (χ0v) is 14.2. The molecule has 2 heterocycles. The van der Waals surface area contributed by atoms with Gasteiger partial charge in [0.05, 0.1) is 6.54 Å². The van der Waals surface area contributed by atoms with Crippen molar-refractivity contribution in [2.45, 2.75) is 33.2 Å². The van der Waals surface area contributed by atoms with Gasteiger partial charge in [0.2, 0.25) is 0 Å². The number of thiazole rings is 1. The van der Waals surface area contributed by atoms with E-state index < -0.39 is 0 Å².